The average Bonchev–Trinajstić information content (AvgIpc) is 3.28. The monoisotopic (exact) mass is 459 g/mol. The number of amides is 1. The maximum Gasteiger partial charge on any atom is 0.255 e. The van der Waals surface area contributed by atoms with Gasteiger partial charge in [0.1, 0.15) is 4.70 Å². The van der Waals surface area contributed by atoms with E-state index in [1.165, 1.54) is 22.7 Å². The van der Waals surface area contributed by atoms with E-state index in [2.05, 4.69) is 15.2 Å². The molecular weight excluding hydrogens is 434 g/mol. The highest BCUT2D eigenvalue weighted by Gasteiger charge is 2.27. The molecule has 0 bridgehead atoms. The summed E-state index contributed by atoms with van der Waals surface area (Å²) in [5, 5.41) is 5.66. The van der Waals surface area contributed by atoms with Crippen LogP contribution in [0.25, 0.3) is 10.2 Å². The standard InChI is InChI=1S/C22H25N3O4S2/c1-28-17-6-5-14(12-18(17)29-2)7-9-23-20(26)15-4-3-10-25(13-15)22-24-16-8-11-30-19(16)21(27)31-22/h5-6,8,11-12,15H,3-4,7,9-10,13H2,1-2H3,(H,23,26)/t15-/m1/s1. The molecule has 0 radical (unpaired) electrons. The molecule has 0 unspecified atom stereocenters. The number of benzene rings is 1. The summed E-state index contributed by atoms with van der Waals surface area (Å²) in [6, 6.07) is 7.66. The summed E-state index contributed by atoms with van der Waals surface area (Å²) in [4.78, 5) is 31.8. The van der Waals surface area contributed by atoms with Gasteiger partial charge in [0, 0.05) is 19.6 Å². The molecule has 1 atom stereocenters. The van der Waals surface area contributed by atoms with Gasteiger partial charge in [-0.2, -0.15) is 0 Å². The van der Waals surface area contributed by atoms with Crippen LogP contribution in [0.4, 0.5) is 5.13 Å². The number of ether oxygens (including phenoxy) is 2. The Kier molecular flexibility index (Phi) is 6.72. The fourth-order valence-corrected chi connectivity index (χ4v) is 5.54. The van der Waals surface area contributed by atoms with Crippen molar-refractivity contribution in [3.8, 4) is 11.5 Å². The molecule has 9 heteroatoms. The maximum absolute atomic E-state index is 12.8. The van der Waals surface area contributed by atoms with E-state index in [0.29, 0.717) is 40.8 Å². The smallest absolute Gasteiger partial charge is 0.255 e. The molecular formula is C22H25N3O4S2. The lowest BCUT2D eigenvalue weighted by atomic mass is 9.97. The number of carbonyl (C=O) groups is 1. The first-order chi connectivity index (χ1) is 15.1. The van der Waals surface area contributed by atoms with E-state index in [0.717, 1.165) is 30.5 Å². The highest BCUT2D eigenvalue weighted by molar-refractivity contribution is 7.21. The Morgan fingerprint density at radius 3 is 2.90 bits per heavy atom. The van der Waals surface area contributed by atoms with Crippen molar-refractivity contribution in [2.24, 2.45) is 5.92 Å². The zero-order chi connectivity index (χ0) is 21.8. The number of thiophene rings is 1. The van der Waals surface area contributed by atoms with Crippen LogP contribution in [0, 0.1) is 5.92 Å². The van der Waals surface area contributed by atoms with Crippen LogP contribution in [0.15, 0.2) is 34.4 Å². The van der Waals surface area contributed by atoms with Crippen LogP contribution in [0.2, 0.25) is 0 Å². The molecule has 3 heterocycles. The van der Waals surface area contributed by atoms with Gasteiger partial charge in [-0.25, -0.2) is 4.98 Å². The van der Waals surface area contributed by atoms with Crippen LogP contribution < -0.4 is 24.4 Å². The highest BCUT2D eigenvalue weighted by Crippen LogP contribution is 2.28. The van der Waals surface area contributed by atoms with Gasteiger partial charge in [0.05, 0.1) is 25.7 Å². The summed E-state index contributed by atoms with van der Waals surface area (Å²) in [5.74, 6) is 1.31. The molecule has 1 N–H and O–H groups in total. The first kappa shape index (κ1) is 21.6. The average molecular weight is 460 g/mol. The van der Waals surface area contributed by atoms with Crippen LogP contribution in [-0.4, -0.2) is 44.7 Å². The zero-order valence-electron chi connectivity index (χ0n) is 17.6. The van der Waals surface area contributed by atoms with Gasteiger partial charge in [-0.3, -0.25) is 9.59 Å². The molecule has 1 aliphatic heterocycles. The minimum absolute atomic E-state index is 0.0384. The van der Waals surface area contributed by atoms with Gasteiger partial charge >= 0.3 is 0 Å². The molecule has 1 aliphatic rings. The molecule has 2 aromatic heterocycles. The number of nitrogens with one attached hydrogen (secondary N) is 1. The molecule has 7 nitrogen and oxygen atoms in total. The fourth-order valence-electron chi connectivity index (χ4n) is 3.81. The Balaban J connectivity index is 1.35. The Morgan fingerprint density at radius 1 is 1.26 bits per heavy atom. The number of fused-ring (bicyclic) bond motifs is 1. The van der Waals surface area contributed by atoms with Crippen molar-refractivity contribution in [2.45, 2.75) is 19.3 Å². The summed E-state index contributed by atoms with van der Waals surface area (Å²) in [6.45, 7) is 1.95. The first-order valence-electron chi connectivity index (χ1n) is 10.2. The number of hydrogen-bond donors (Lipinski definition) is 1. The van der Waals surface area contributed by atoms with E-state index in [-0.39, 0.29) is 16.6 Å². The molecule has 1 saturated heterocycles. The van der Waals surface area contributed by atoms with Gasteiger partial charge in [0.2, 0.25) is 5.91 Å². The Morgan fingerprint density at radius 2 is 2.10 bits per heavy atom. The molecule has 1 fully saturated rings. The van der Waals surface area contributed by atoms with Crippen LogP contribution >= 0.6 is 22.7 Å². The number of hydrogen-bond acceptors (Lipinski definition) is 8. The second-order valence-corrected chi connectivity index (χ2v) is 9.29. The number of carbonyl (C=O) groups excluding carboxylic acids is 1. The predicted octanol–water partition coefficient (Wildman–Crippen LogP) is 3.31. The van der Waals surface area contributed by atoms with E-state index in [1.807, 2.05) is 29.6 Å². The second kappa shape index (κ2) is 9.65. The molecule has 164 valence electrons. The van der Waals surface area contributed by atoms with Gasteiger partial charge in [-0.05, 0) is 48.4 Å². The van der Waals surface area contributed by atoms with Crippen LogP contribution in [0.1, 0.15) is 18.4 Å². The van der Waals surface area contributed by atoms with Crippen LogP contribution in [0.3, 0.4) is 0 Å². The second-order valence-electron chi connectivity index (χ2n) is 7.43. The van der Waals surface area contributed by atoms with Crippen LogP contribution in [-0.2, 0) is 11.2 Å². The van der Waals surface area contributed by atoms with Crippen molar-refractivity contribution in [2.75, 3.05) is 38.8 Å². The summed E-state index contributed by atoms with van der Waals surface area (Å²) in [6.07, 6.45) is 2.45. The van der Waals surface area contributed by atoms with Crippen molar-refractivity contribution in [3.63, 3.8) is 0 Å². The van der Waals surface area contributed by atoms with Gasteiger partial charge < -0.3 is 19.7 Å². The third kappa shape index (κ3) is 4.83. The molecule has 1 aromatic carbocycles. The van der Waals surface area contributed by atoms with Crippen molar-refractivity contribution in [1.82, 2.24) is 10.3 Å². The molecule has 0 saturated carbocycles. The Labute approximate surface area is 188 Å². The lowest BCUT2D eigenvalue weighted by Crippen LogP contribution is -2.43. The lowest BCUT2D eigenvalue weighted by molar-refractivity contribution is -0.125. The van der Waals surface area contributed by atoms with E-state index < -0.39 is 0 Å². The molecule has 1 amide bonds. The van der Waals surface area contributed by atoms with Gasteiger partial charge in [0.25, 0.3) is 4.74 Å². The number of piperidine rings is 1. The first-order valence-corrected chi connectivity index (χ1v) is 11.9. The topological polar surface area (TPSA) is 80.8 Å². The number of methoxy groups -OCH3 is 2. The van der Waals surface area contributed by atoms with Gasteiger partial charge in [-0.1, -0.05) is 17.4 Å². The Hall–Kier alpha value is -2.65. The highest BCUT2D eigenvalue weighted by atomic mass is 32.1. The normalized spacial score (nSPS) is 16.3. The molecule has 31 heavy (non-hydrogen) atoms. The van der Waals surface area contributed by atoms with E-state index in [9.17, 15) is 9.59 Å². The van der Waals surface area contributed by atoms with Crippen molar-refractivity contribution in [1.29, 1.82) is 0 Å². The fraction of sp³-hybridized carbons (Fsp3) is 0.409. The number of anilines is 1. The van der Waals surface area contributed by atoms with Gasteiger partial charge in [-0.15, -0.1) is 11.3 Å². The van der Waals surface area contributed by atoms with E-state index in [4.69, 9.17) is 9.47 Å². The number of rotatable bonds is 7. The van der Waals surface area contributed by atoms with Crippen molar-refractivity contribution in [3.05, 3.63) is 44.7 Å². The molecule has 4 rings (SSSR count). The maximum atomic E-state index is 12.8. The summed E-state index contributed by atoms with van der Waals surface area (Å²) in [7, 11) is 3.22. The van der Waals surface area contributed by atoms with Crippen molar-refractivity contribution >= 4 is 43.9 Å². The summed E-state index contributed by atoms with van der Waals surface area (Å²) in [5.41, 5.74) is 1.81. The SMILES string of the molecule is COc1ccc(CCNC(=O)[C@@H]2CCCN(c3nc4ccsc4c(=O)s3)C2)cc1OC. The molecule has 0 spiro atoms. The van der Waals surface area contributed by atoms with Crippen LogP contribution in [0.5, 0.6) is 11.5 Å². The summed E-state index contributed by atoms with van der Waals surface area (Å²) < 4.78 is 11.3. The zero-order valence-corrected chi connectivity index (χ0v) is 19.2. The van der Waals surface area contributed by atoms with Gasteiger partial charge in [0.15, 0.2) is 16.6 Å². The number of nitrogens with zero attached hydrogens (tertiary/aromatic N) is 2. The molecule has 0 aliphatic carbocycles. The van der Waals surface area contributed by atoms with Crippen molar-refractivity contribution < 1.29 is 14.3 Å². The minimum Gasteiger partial charge on any atom is -0.493 e. The van der Waals surface area contributed by atoms with E-state index in [1.54, 1.807) is 14.2 Å². The lowest BCUT2D eigenvalue weighted by Gasteiger charge is -2.32. The Bertz CT molecular complexity index is 1130. The minimum atomic E-state index is -0.110. The van der Waals surface area contributed by atoms with E-state index >= 15 is 0 Å². The predicted molar refractivity (Wildman–Crippen MR) is 125 cm³/mol. The third-order valence-corrected chi connectivity index (χ3v) is 7.41. The number of aromatic nitrogens is 1. The quantitative estimate of drug-likeness (QED) is 0.584. The molecule has 3 aromatic rings. The third-order valence-electron chi connectivity index (χ3n) is 5.45. The largest absolute Gasteiger partial charge is 0.493 e. The summed E-state index contributed by atoms with van der Waals surface area (Å²) >= 11 is 2.59.